The Balaban J connectivity index is 1.85. The second-order valence-corrected chi connectivity index (χ2v) is 5.41. The molecule has 4 atom stereocenters. The van der Waals surface area contributed by atoms with Crippen LogP contribution in [-0.4, -0.2) is 35.0 Å². The summed E-state index contributed by atoms with van der Waals surface area (Å²) in [5.74, 6) is 1.19. The third-order valence-corrected chi connectivity index (χ3v) is 4.13. The first-order valence-corrected chi connectivity index (χ1v) is 6.38. The first-order valence-electron chi connectivity index (χ1n) is 6.38. The van der Waals surface area contributed by atoms with E-state index in [0.717, 1.165) is 0 Å². The second-order valence-electron chi connectivity index (χ2n) is 5.41. The molecule has 4 unspecified atom stereocenters. The molecule has 2 fully saturated rings. The van der Waals surface area contributed by atoms with Crippen LogP contribution in [0.25, 0.3) is 0 Å². The lowest BCUT2D eigenvalue weighted by Gasteiger charge is -2.42. The van der Waals surface area contributed by atoms with Gasteiger partial charge in [-0.25, -0.2) is 4.99 Å². The van der Waals surface area contributed by atoms with E-state index in [1.54, 1.807) is 0 Å². The van der Waals surface area contributed by atoms with Crippen LogP contribution in [-0.2, 0) is 0 Å². The number of hydrogen-bond acceptors (Lipinski definition) is 3. The predicted octanol–water partition coefficient (Wildman–Crippen LogP) is 1.74. The van der Waals surface area contributed by atoms with E-state index < -0.39 is 0 Å². The zero-order chi connectivity index (χ0) is 10.4. The Labute approximate surface area is 91.9 Å². The first-order chi connectivity index (χ1) is 7.25. The molecule has 2 heterocycles. The Morgan fingerprint density at radius 3 is 2.93 bits per heavy atom. The lowest BCUT2D eigenvalue weighted by atomic mass is 9.89. The van der Waals surface area contributed by atoms with Gasteiger partial charge in [0.15, 0.2) is 5.96 Å². The molecule has 2 aliphatic heterocycles. The number of rotatable bonds is 0. The molecular weight excluding hydrogens is 186 g/mol. The predicted molar refractivity (Wildman–Crippen MR) is 62.0 cm³/mol. The van der Waals surface area contributed by atoms with E-state index in [9.17, 15) is 0 Å². The minimum atomic E-state index is 0.592. The molecule has 0 spiro atoms. The quantitative estimate of drug-likeness (QED) is 0.655. The van der Waals surface area contributed by atoms with Crippen molar-refractivity contribution in [3.63, 3.8) is 0 Å². The van der Waals surface area contributed by atoms with Gasteiger partial charge in [0.1, 0.15) is 0 Å². The van der Waals surface area contributed by atoms with E-state index in [1.807, 2.05) is 0 Å². The maximum Gasteiger partial charge on any atom is 0.195 e. The van der Waals surface area contributed by atoms with Gasteiger partial charge in [-0.15, -0.1) is 0 Å². The normalized spacial score (nSPS) is 44.1. The molecule has 1 aliphatic carbocycles. The summed E-state index contributed by atoms with van der Waals surface area (Å²) in [5, 5.41) is 3.54. The molecule has 15 heavy (non-hydrogen) atoms. The van der Waals surface area contributed by atoms with E-state index in [0.29, 0.717) is 24.2 Å². The van der Waals surface area contributed by atoms with Crippen molar-refractivity contribution in [1.82, 2.24) is 10.2 Å². The van der Waals surface area contributed by atoms with Gasteiger partial charge >= 0.3 is 0 Å². The van der Waals surface area contributed by atoms with Crippen molar-refractivity contribution in [2.24, 2.45) is 4.99 Å². The zero-order valence-electron chi connectivity index (χ0n) is 9.74. The lowest BCUT2D eigenvalue weighted by Crippen LogP contribution is -2.57. The van der Waals surface area contributed by atoms with Crippen molar-refractivity contribution >= 4 is 5.96 Å². The maximum absolute atomic E-state index is 4.86. The highest BCUT2D eigenvalue weighted by Crippen LogP contribution is 2.34. The van der Waals surface area contributed by atoms with Crippen molar-refractivity contribution in [2.75, 3.05) is 0 Å². The van der Waals surface area contributed by atoms with Crippen LogP contribution in [0.15, 0.2) is 4.99 Å². The Morgan fingerprint density at radius 2 is 2.07 bits per heavy atom. The second kappa shape index (κ2) is 3.39. The van der Waals surface area contributed by atoms with Gasteiger partial charge in [-0.3, -0.25) is 0 Å². The molecule has 0 aromatic rings. The van der Waals surface area contributed by atoms with Gasteiger partial charge in [-0.05, 0) is 33.1 Å². The fourth-order valence-corrected chi connectivity index (χ4v) is 3.50. The van der Waals surface area contributed by atoms with E-state index >= 15 is 0 Å². The summed E-state index contributed by atoms with van der Waals surface area (Å²) in [7, 11) is 0. The minimum Gasteiger partial charge on any atom is -0.354 e. The Bertz CT molecular complexity index is 287. The van der Waals surface area contributed by atoms with Crippen LogP contribution in [0.2, 0.25) is 0 Å². The van der Waals surface area contributed by atoms with Crippen LogP contribution < -0.4 is 5.32 Å². The fourth-order valence-electron chi connectivity index (χ4n) is 3.50. The number of nitrogens with one attached hydrogen (secondary N) is 1. The first kappa shape index (κ1) is 9.49. The average Bonchev–Trinajstić information content (AvgIpc) is 2.54. The molecule has 0 amide bonds. The molecule has 0 radical (unpaired) electrons. The molecule has 3 heteroatoms. The highest BCUT2D eigenvalue weighted by Gasteiger charge is 2.42. The van der Waals surface area contributed by atoms with E-state index in [-0.39, 0.29) is 0 Å². The summed E-state index contributed by atoms with van der Waals surface area (Å²) < 4.78 is 0. The smallest absolute Gasteiger partial charge is 0.195 e. The molecule has 1 saturated carbocycles. The third kappa shape index (κ3) is 1.44. The highest BCUT2D eigenvalue weighted by molar-refractivity contribution is 5.83. The van der Waals surface area contributed by atoms with Crippen molar-refractivity contribution in [2.45, 2.75) is 70.1 Å². The van der Waals surface area contributed by atoms with Gasteiger partial charge in [0.25, 0.3) is 0 Å². The van der Waals surface area contributed by atoms with E-state index in [4.69, 9.17) is 4.99 Å². The molecule has 3 rings (SSSR count). The number of aliphatic imine (C=N–C) groups is 1. The standard InChI is InChI=1S/C12H21N3/c1-8-7-9(2)15-11-6-4-3-5-10(11)14-12(15)13-8/h8-11H,3-7H2,1-2H3,(H,13,14). The van der Waals surface area contributed by atoms with E-state index in [2.05, 4.69) is 24.1 Å². The summed E-state index contributed by atoms with van der Waals surface area (Å²) >= 11 is 0. The van der Waals surface area contributed by atoms with E-state index in [1.165, 1.54) is 38.1 Å². The molecule has 0 aromatic carbocycles. The minimum absolute atomic E-state index is 0.592. The summed E-state index contributed by atoms with van der Waals surface area (Å²) in [5.41, 5.74) is 0. The van der Waals surface area contributed by atoms with Gasteiger partial charge in [0, 0.05) is 12.1 Å². The number of fused-ring (bicyclic) bond motifs is 3. The molecule has 3 aliphatic rings. The van der Waals surface area contributed by atoms with Gasteiger partial charge in [-0.1, -0.05) is 12.8 Å². The Kier molecular flexibility index (Phi) is 2.15. The molecule has 0 bridgehead atoms. The zero-order valence-corrected chi connectivity index (χ0v) is 9.74. The van der Waals surface area contributed by atoms with Crippen LogP contribution in [0.5, 0.6) is 0 Å². The number of guanidine groups is 1. The van der Waals surface area contributed by atoms with Crippen molar-refractivity contribution in [1.29, 1.82) is 0 Å². The van der Waals surface area contributed by atoms with Crippen LogP contribution >= 0.6 is 0 Å². The highest BCUT2D eigenvalue weighted by atomic mass is 15.4. The Hall–Kier alpha value is -0.730. The SMILES string of the molecule is CC1CC(C)N2C(=NC3CCCCC32)N1. The molecule has 0 aromatic heterocycles. The van der Waals surface area contributed by atoms with Crippen LogP contribution in [0.3, 0.4) is 0 Å². The Morgan fingerprint density at radius 1 is 1.27 bits per heavy atom. The van der Waals surface area contributed by atoms with Gasteiger partial charge in [-0.2, -0.15) is 0 Å². The number of hydrogen-bond donors (Lipinski definition) is 1. The van der Waals surface area contributed by atoms with Gasteiger partial charge < -0.3 is 10.2 Å². The van der Waals surface area contributed by atoms with Crippen LogP contribution in [0, 0.1) is 0 Å². The fraction of sp³-hybridized carbons (Fsp3) is 0.917. The molecule has 1 N–H and O–H groups in total. The maximum atomic E-state index is 4.86. The molecular formula is C12H21N3. The topological polar surface area (TPSA) is 27.6 Å². The molecule has 3 nitrogen and oxygen atoms in total. The summed E-state index contributed by atoms with van der Waals surface area (Å²) in [6.45, 7) is 4.61. The summed E-state index contributed by atoms with van der Waals surface area (Å²) in [4.78, 5) is 7.42. The largest absolute Gasteiger partial charge is 0.354 e. The molecule has 1 saturated heterocycles. The van der Waals surface area contributed by atoms with Crippen molar-refractivity contribution in [3.8, 4) is 0 Å². The average molecular weight is 207 g/mol. The third-order valence-electron chi connectivity index (χ3n) is 4.13. The number of nitrogens with zero attached hydrogens (tertiary/aromatic N) is 2. The van der Waals surface area contributed by atoms with Gasteiger partial charge in [0.2, 0.25) is 0 Å². The van der Waals surface area contributed by atoms with Crippen molar-refractivity contribution < 1.29 is 0 Å². The monoisotopic (exact) mass is 207 g/mol. The lowest BCUT2D eigenvalue weighted by molar-refractivity contribution is 0.171. The van der Waals surface area contributed by atoms with Crippen molar-refractivity contribution in [3.05, 3.63) is 0 Å². The summed E-state index contributed by atoms with van der Waals surface area (Å²) in [6.07, 6.45) is 6.66. The van der Waals surface area contributed by atoms with Gasteiger partial charge in [0.05, 0.1) is 12.1 Å². The van der Waals surface area contributed by atoms with Crippen LogP contribution in [0.4, 0.5) is 0 Å². The molecule has 84 valence electrons. The van der Waals surface area contributed by atoms with Crippen LogP contribution in [0.1, 0.15) is 46.0 Å². The summed E-state index contributed by atoms with van der Waals surface area (Å²) in [6, 6.07) is 2.57.